The van der Waals surface area contributed by atoms with Crippen molar-refractivity contribution in [3.63, 3.8) is 0 Å². The lowest BCUT2D eigenvalue weighted by molar-refractivity contribution is 0.162. The molecular formula is C9H12FNO2. The molecule has 0 unspecified atom stereocenters. The standard InChI is InChI=1S/C9H12FNO2/c1-5(12)9(11)7-4-6(10)2-3-8(7)13/h2-5,9,12-13H,11H2,1H3/t5-,9+/m0/s1. The van der Waals surface area contributed by atoms with Crippen LogP contribution < -0.4 is 5.73 Å². The molecule has 0 aliphatic rings. The zero-order valence-electron chi connectivity index (χ0n) is 7.24. The van der Waals surface area contributed by atoms with Gasteiger partial charge in [0.15, 0.2) is 0 Å². The molecule has 4 N–H and O–H groups in total. The Morgan fingerprint density at radius 1 is 1.46 bits per heavy atom. The van der Waals surface area contributed by atoms with E-state index in [1.165, 1.54) is 13.0 Å². The van der Waals surface area contributed by atoms with Crippen molar-refractivity contribution in [2.75, 3.05) is 0 Å². The first-order valence-corrected chi connectivity index (χ1v) is 3.94. The Bertz CT molecular complexity index is 302. The number of aliphatic hydroxyl groups is 1. The predicted octanol–water partition coefficient (Wildman–Crippen LogP) is 0.912. The number of rotatable bonds is 2. The van der Waals surface area contributed by atoms with Gasteiger partial charge in [-0.25, -0.2) is 4.39 Å². The van der Waals surface area contributed by atoms with Crippen molar-refractivity contribution >= 4 is 0 Å². The van der Waals surface area contributed by atoms with Gasteiger partial charge in [0.25, 0.3) is 0 Å². The Kier molecular flexibility index (Phi) is 2.85. The molecule has 0 saturated heterocycles. The summed E-state index contributed by atoms with van der Waals surface area (Å²) >= 11 is 0. The normalized spacial score (nSPS) is 15.4. The summed E-state index contributed by atoms with van der Waals surface area (Å²) in [4.78, 5) is 0. The average molecular weight is 185 g/mol. The van der Waals surface area contributed by atoms with Crippen molar-refractivity contribution in [2.24, 2.45) is 5.73 Å². The molecule has 0 radical (unpaired) electrons. The van der Waals surface area contributed by atoms with Crippen LogP contribution in [0.3, 0.4) is 0 Å². The highest BCUT2D eigenvalue weighted by molar-refractivity contribution is 5.35. The van der Waals surface area contributed by atoms with E-state index in [2.05, 4.69) is 0 Å². The molecule has 72 valence electrons. The SMILES string of the molecule is C[C@H](O)[C@@H](N)c1cc(F)ccc1O. The minimum absolute atomic E-state index is 0.102. The molecule has 0 fully saturated rings. The highest BCUT2D eigenvalue weighted by Crippen LogP contribution is 2.25. The van der Waals surface area contributed by atoms with E-state index in [-0.39, 0.29) is 11.3 Å². The summed E-state index contributed by atoms with van der Waals surface area (Å²) in [5.74, 6) is -0.585. The summed E-state index contributed by atoms with van der Waals surface area (Å²) in [5.41, 5.74) is 5.75. The van der Waals surface area contributed by atoms with Gasteiger partial charge >= 0.3 is 0 Å². The van der Waals surface area contributed by atoms with Crippen LogP contribution in [0.2, 0.25) is 0 Å². The second-order valence-corrected chi connectivity index (χ2v) is 2.97. The van der Waals surface area contributed by atoms with Gasteiger partial charge in [0.2, 0.25) is 0 Å². The molecule has 0 amide bonds. The lowest BCUT2D eigenvalue weighted by Crippen LogP contribution is -2.23. The quantitative estimate of drug-likeness (QED) is 0.641. The smallest absolute Gasteiger partial charge is 0.123 e. The van der Waals surface area contributed by atoms with Crippen molar-refractivity contribution in [2.45, 2.75) is 19.1 Å². The molecular weight excluding hydrogens is 173 g/mol. The monoisotopic (exact) mass is 185 g/mol. The van der Waals surface area contributed by atoms with Crippen molar-refractivity contribution in [1.82, 2.24) is 0 Å². The van der Waals surface area contributed by atoms with Crippen LogP contribution >= 0.6 is 0 Å². The van der Waals surface area contributed by atoms with E-state index in [0.29, 0.717) is 0 Å². The van der Waals surface area contributed by atoms with E-state index in [1.54, 1.807) is 0 Å². The van der Waals surface area contributed by atoms with Gasteiger partial charge in [0.05, 0.1) is 12.1 Å². The van der Waals surface area contributed by atoms with Crippen molar-refractivity contribution in [3.8, 4) is 5.75 Å². The molecule has 0 heterocycles. The number of nitrogens with two attached hydrogens (primary N) is 1. The number of hydrogen-bond donors (Lipinski definition) is 3. The molecule has 0 aliphatic carbocycles. The summed E-state index contributed by atoms with van der Waals surface area (Å²) in [6.45, 7) is 1.48. The van der Waals surface area contributed by atoms with Gasteiger partial charge in [-0.2, -0.15) is 0 Å². The number of benzene rings is 1. The minimum atomic E-state index is -0.826. The van der Waals surface area contributed by atoms with E-state index in [0.717, 1.165) is 12.1 Å². The fourth-order valence-corrected chi connectivity index (χ4v) is 1.05. The molecule has 3 nitrogen and oxygen atoms in total. The minimum Gasteiger partial charge on any atom is -0.508 e. The summed E-state index contributed by atoms with van der Waals surface area (Å²) in [5, 5.41) is 18.4. The van der Waals surface area contributed by atoms with Crippen molar-refractivity contribution < 1.29 is 14.6 Å². The molecule has 1 aromatic rings. The maximum absolute atomic E-state index is 12.7. The largest absolute Gasteiger partial charge is 0.508 e. The maximum atomic E-state index is 12.7. The third kappa shape index (κ3) is 2.17. The molecule has 4 heteroatoms. The Morgan fingerprint density at radius 2 is 2.08 bits per heavy atom. The van der Waals surface area contributed by atoms with Gasteiger partial charge < -0.3 is 15.9 Å². The van der Waals surface area contributed by atoms with Crippen LogP contribution in [0, 0.1) is 5.82 Å². The van der Waals surface area contributed by atoms with Crippen molar-refractivity contribution in [1.29, 1.82) is 0 Å². The molecule has 0 spiro atoms. The van der Waals surface area contributed by atoms with Gasteiger partial charge in [-0.05, 0) is 25.1 Å². The van der Waals surface area contributed by atoms with E-state index in [4.69, 9.17) is 10.8 Å². The summed E-state index contributed by atoms with van der Waals surface area (Å²) in [6.07, 6.45) is -0.826. The van der Waals surface area contributed by atoms with Crippen LogP contribution in [0.1, 0.15) is 18.5 Å². The lowest BCUT2D eigenvalue weighted by atomic mass is 10.0. The number of aliphatic hydroxyl groups excluding tert-OH is 1. The molecule has 1 rings (SSSR count). The second-order valence-electron chi connectivity index (χ2n) is 2.97. The predicted molar refractivity (Wildman–Crippen MR) is 46.7 cm³/mol. The molecule has 0 saturated carbocycles. The number of phenols is 1. The van der Waals surface area contributed by atoms with Gasteiger partial charge in [-0.3, -0.25) is 0 Å². The van der Waals surface area contributed by atoms with Crippen LogP contribution in [0.5, 0.6) is 5.75 Å². The summed E-state index contributed by atoms with van der Waals surface area (Å²) < 4.78 is 12.7. The summed E-state index contributed by atoms with van der Waals surface area (Å²) in [7, 11) is 0. The highest BCUT2D eigenvalue weighted by Gasteiger charge is 2.16. The van der Waals surface area contributed by atoms with Gasteiger partial charge in [-0.15, -0.1) is 0 Å². The number of aromatic hydroxyl groups is 1. The third-order valence-corrected chi connectivity index (χ3v) is 1.87. The molecule has 0 aliphatic heterocycles. The van der Waals surface area contributed by atoms with Crippen LogP contribution in [-0.4, -0.2) is 16.3 Å². The number of phenolic OH excluding ortho intramolecular Hbond substituents is 1. The zero-order valence-corrected chi connectivity index (χ0v) is 7.24. The number of hydrogen-bond acceptors (Lipinski definition) is 3. The fraction of sp³-hybridized carbons (Fsp3) is 0.333. The zero-order chi connectivity index (χ0) is 10.0. The highest BCUT2D eigenvalue weighted by atomic mass is 19.1. The fourth-order valence-electron chi connectivity index (χ4n) is 1.05. The van der Waals surface area contributed by atoms with Crippen LogP contribution in [0.4, 0.5) is 4.39 Å². The van der Waals surface area contributed by atoms with Gasteiger partial charge in [-0.1, -0.05) is 0 Å². The van der Waals surface area contributed by atoms with E-state index in [1.807, 2.05) is 0 Å². The van der Waals surface area contributed by atoms with E-state index < -0.39 is 18.0 Å². The topological polar surface area (TPSA) is 66.5 Å². The van der Waals surface area contributed by atoms with E-state index >= 15 is 0 Å². The molecule has 2 atom stereocenters. The van der Waals surface area contributed by atoms with E-state index in [9.17, 15) is 9.50 Å². The van der Waals surface area contributed by atoms with Crippen LogP contribution in [-0.2, 0) is 0 Å². The third-order valence-electron chi connectivity index (χ3n) is 1.87. The first kappa shape index (κ1) is 9.95. The molecule has 13 heavy (non-hydrogen) atoms. The van der Waals surface area contributed by atoms with Crippen LogP contribution in [0.25, 0.3) is 0 Å². The Labute approximate surface area is 75.6 Å². The van der Waals surface area contributed by atoms with Gasteiger partial charge in [0.1, 0.15) is 11.6 Å². The Balaban J connectivity index is 3.05. The first-order chi connectivity index (χ1) is 6.02. The molecule has 0 bridgehead atoms. The molecule has 0 aromatic heterocycles. The lowest BCUT2D eigenvalue weighted by Gasteiger charge is -2.16. The Hall–Kier alpha value is -1.13. The Morgan fingerprint density at radius 3 is 2.62 bits per heavy atom. The maximum Gasteiger partial charge on any atom is 0.123 e. The molecule has 1 aromatic carbocycles. The second kappa shape index (κ2) is 3.72. The van der Waals surface area contributed by atoms with Gasteiger partial charge in [0, 0.05) is 5.56 Å². The van der Waals surface area contributed by atoms with Crippen LogP contribution in [0.15, 0.2) is 18.2 Å². The first-order valence-electron chi connectivity index (χ1n) is 3.94. The average Bonchev–Trinajstić information content (AvgIpc) is 2.08. The number of halogens is 1. The summed E-state index contributed by atoms with van der Waals surface area (Å²) in [6, 6.07) is 2.70. The van der Waals surface area contributed by atoms with Crippen molar-refractivity contribution in [3.05, 3.63) is 29.6 Å².